The van der Waals surface area contributed by atoms with Crippen molar-refractivity contribution in [3.8, 4) is 11.1 Å². The van der Waals surface area contributed by atoms with Gasteiger partial charge in [-0.15, -0.1) is 11.3 Å². The molecule has 4 aromatic rings. The molecule has 0 amide bonds. The monoisotopic (exact) mass is 466 g/mol. The largest absolute Gasteiger partial charge is 0.301 e. The highest BCUT2D eigenvalue weighted by Gasteiger charge is 2.16. The van der Waals surface area contributed by atoms with Crippen LogP contribution in [0.1, 0.15) is 34.3 Å². The molecule has 1 N–H and O–H groups in total. The van der Waals surface area contributed by atoms with E-state index in [1.54, 1.807) is 24.3 Å². The standard InChI is InChI=1S/C24H19ClN2O2S2/c25-18-9-7-15(8-10-18)20(28)13-31-24-26-22(29)21-19(12-30-23(21)27-24)17-6-5-14-3-1-2-4-16(14)11-17/h5-12H,1-4,13H2,(H,26,27,29). The Hall–Kier alpha value is -2.41. The molecule has 2 aromatic carbocycles. The summed E-state index contributed by atoms with van der Waals surface area (Å²) in [7, 11) is 0. The van der Waals surface area contributed by atoms with Gasteiger partial charge >= 0.3 is 0 Å². The molecule has 0 saturated heterocycles. The highest BCUT2D eigenvalue weighted by Crippen LogP contribution is 2.34. The van der Waals surface area contributed by atoms with Crippen LogP contribution in [0.4, 0.5) is 0 Å². The highest BCUT2D eigenvalue weighted by atomic mass is 35.5. The van der Waals surface area contributed by atoms with E-state index < -0.39 is 0 Å². The highest BCUT2D eigenvalue weighted by molar-refractivity contribution is 7.99. The van der Waals surface area contributed by atoms with Crippen molar-refractivity contribution >= 4 is 50.7 Å². The van der Waals surface area contributed by atoms with Gasteiger partial charge in [-0.25, -0.2) is 4.98 Å². The van der Waals surface area contributed by atoms with E-state index in [0.29, 0.717) is 26.0 Å². The van der Waals surface area contributed by atoms with Crippen molar-refractivity contribution in [2.75, 3.05) is 5.75 Å². The van der Waals surface area contributed by atoms with Gasteiger partial charge < -0.3 is 4.98 Å². The third-order valence-corrected chi connectivity index (χ3v) is 7.59. The summed E-state index contributed by atoms with van der Waals surface area (Å²) in [6.45, 7) is 0. The third-order valence-electron chi connectivity index (χ3n) is 5.59. The summed E-state index contributed by atoms with van der Waals surface area (Å²) in [5.41, 5.74) is 5.23. The van der Waals surface area contributed by atoms with E-state index in [0.717, 1.165) is 24.0 Å². The summed E-state index contributed by atoms with van der Waals surface area (Å²) < 4.78 is 0. The van der Waals surface area contributed by atoms with Crippen LogP contribution in [0.2, 0.25) is 5.02 Å². The summed E-state index contributed by atoms with van der Waals surface area (Å²) in [6, 6.07) is 13.3. The Morgan fingerprint density at radius 2 is 1.87 bits per heavy atom. The molecule has 1 aliphatic carbocycles. The number of hydrogen-bond donors (Lipinski definition) is 1. The zero-order valence-corrected chi connectivity index (χ0v) is 19.0. The number of benzene rings is 2. The first-order valence-electron chi connectivity index (χ1n) is 10.1. The van der Waals surface area contributed by atoms with E-state index in [1.807, 2.05) is 5.38 Å². The fourth-order valence-corrected chi connectivity index (χ4v) is 5.85. The van der Waals surface area contributed by atoms with Gasteiger partial charge in [0.05, 0.1) is 11.1 Å². The van der Waals surface area contributed by atoms with Gasteiger partial charge in [0.15, 0.2) is 10.9 Å². The molecule has 0 bridgehead atoms. The minimum atomic E-state index is -0.166. The average Bonchev–Trinajstić information content (AvgIpc) is 3.22. The van der Waals surface area contributed by atoms with Gasteiger partial charge in [0, 0.05) is 21.5 Å². The SMILES string of the molecule is O=C(CSc1nc2scc(-c3ccc4c(c3)CCCC4)c2c(=O)[nH]1)c1ccc(Cl)cc1. The number of halogens is 1. The summed E-state index contributed by atoms with van der Waals surface area (Å²) >= 11 is 8.58. The number of aromatic nitrogens is 2. The molecule has 0 atom stereocenters. The van der Waals surface area contributed by atoms with Crippen LogP contribution in [0.25, 0.3) is 21.3 Å². The van der Waals surface area contributed by atoms with Crippen LogP contribution in [-0.4, -0.2) is 21.5 Å². The number of nitrogens with one attached hydrogen (secondary N) is 1. The van der Waals surface area contributed by atoms with Crippen molar-refractivity contribution in [2.45, 2.75) is 30.8 Å². The molecule has 2 aromatic heterocycles. The molecule has 156 valence electrons. The quantitative estimate of drug-likeness (QED) is 0.217. The van der Waals surface area contributed by atoms with Crippen molar-refractivity contribution in [3.05, 3.63) is 79.9 Å². The van der Waals surface area contributed by atoms with Gasteiger partial charge in [0.25, 0.3) is 5.56 Å². The Balaban J connectivity index is 1.40. The molecule has 2 heterocycles. The average molecular weight is 467 g/mol. The number of rotatable bonds is 5. The lowest BCUT2D eigenvalue weighted by Crippen LogP contribution is -2.10. The second-order valence-electron chi connectivity index (χ2n) is 7.61. The van der Waals surface area contributed by atoms with Crippen molar-refractivity contribution in [2.24, 2.45) is 0 Å². The van der Waals surface area contributed by atoms with Gasteiger partial charge in [-0.05, 0) is 66.6 Å². The van der Waals surface area contributed by atoms with Gasteiger partial charge in [0.1, 0.15) is 4.83 Å². The lowest BCUT2D eigenvalue weighted by Gasteiger charge is -2.16. The molecule has 0 fully saturated rings. The Morgan fingerprint density at radius 3 is 2.68 bits per heavy atom. The minimum absolute atomic E-state index is 0.0367. The molecule has 1 aliphatic rings. The van der Waals surface area contributed by atoms with Crippen LogP contribution in [0.3, 0.4) is 0 Å². The van der Waals surface area contributed by atoms with Crippen LogP contribution < -0.4 is 5.56 Å². The van der Waals surface area contributed by atoms with Gasteiger partial charge in [-0.3, -0.25) is 9.59 Å². The number of fused-ring (bicyclic) bond motifs is 2. The maximum Gasteiger partial charge on any atom is 0.260 e. The molecule has 0 radical (unpaired) electrons. The number of H-pyrrole nitrogens is 1. The predicted octanol–water partition coefficient (Wildman–Crippen LogP) is 6.16. The molecule has 0 aliphatic heterocycles. The fourth-order valence-electron chi connectivity index (χ4n) is 3.96. The van der Waals surface area contributed by atoms with Crippen LogP contribution >= 0.6 is 34.7 Å². The zero-order valence-electron chi connectivity index (χ0n) is 16.6. The number of hydrogen-bond acceptors (Lipinski definition) is 5. The van der Waals surface area contributed by atoms with Crippen molar-refractivity contribution < 1.29 is 4.79 Å². The topological polar surface area (TPSA) is 62.8 Å². The number of thioether (sulfide) groups is 1. The second-order valence-corrected chi connectivity index (χ2v) is 9.87. The number of aryl methyl sites for hydroxylation is 2. The Bertz CT molecular complexity index is 1340. The van der Waals surface area contributed by atoms with Crippen LogP contribution in [0.15, 0.2) is 57.8 Å². The molecule has 4 nitrogen and oxygen atoms in total. The maximum absolute atomic E-state index is 12.9. The maximum atomic E-state index is 12.9. The normalized spacial score (nSPS) is 13.3. The molecular formula is C24H19ClN2O2S2. The number of carbonyl (C=O) groups excluding carboxylic acids is 1. The molecule has 0 saturated carbocycles. The number of carbonyl (C=O) groups is 1. The van der Waals surface area contributed by atoms with Crippen LogP contribution in [-0.2, 0) is 12.8 Å². The number of thiophene rings is 1. The van der Waals surface area contributed by atoms with E-state index in [4.69, 9.17) is 11.6 Å². The Labute approximate surface area is 192 Å². The van der Waals surface area contributed by atoms with Gasteiger partial charge in [-0.2, -0.15) is 0 Å². The minimum Gasteiger partial charge on any atom is -0.301 e. The first kappa shape index (κ1) is 20.5. The van der Waals surface area contributed by atoms with E-state index in [-0.39, 0.29) is 17.1 Å². The Kier molecular flexibility index (Phi) is 5.69. The number of Topliss-reactive ketones (excluding diaryl/α,β-unsaturated/α-hetero) is 1. The molecule has 0 unspecified atom stereocenters. The van der Waals surface area contributed by atoms with Crippen molar-refractivity contribution in [1.29, 1.82) is 0 Å². The van der Waals surface area contributed by atoms with E-state index in [9.17, 15) is 9.59 Å². The second kappa shape index (κ2) is 8.61. The summed E-state index contributed by atoms with van der Waals surface area (Å²) in [6.07, 6.45) is 4.70. The smallest absolute Gasteiger partial charge is 0.260 e. The van der Waals surface area contributed by atoms with Crippen LogP contribution in [0, 0.1) is 0 Å². The third kappa shape index (κ3) is 4.20. The van der Waals surface area contributed by atoms with E-state index in [2.05, 4.69) is 28.2 Å². The van der Waals surface area contributed by atoms with E-state index >= 15 is 0 Å². The molecule has 7 heteroatoms. The van der Waals surface area contributed by atoms with Crippen LogP contribution in [0.5, 0.6) is 0 Å². The fraction of sp³-hybridized carbons (Fsp3) is 0.208. The molecule has 5 rings (SSSR count). The number of nitrogens with zero attached hydrogens (tertiary/aromatic N) is 1. The molecule has 31 heavy (non-hydrogen) atoms. The van der Waals surface area contributed by atoms with E-state index in [1.165, 1.54) is 47.1 Å². The summed E-state index contributed by atoms with van der Waals surface area (Å²) in [4.78, 5) is 33.4. The zero-order chi connectivity index (χ0) is 21.4. The number of ketones is 1. The first-order valence-corrected chi connectivity index (χ1v) is 12.4. The molecule has 0 spiro atoms. The summed E-state index contributed by atoms with van der Waals surface area (Å²) in [5.74, 6) is 0.157. The molecular weight excluding hydrogens is 448 g/mol. The first-order chi connectivity index (χ1) is 15.1. The van der Waals surface area contributed by atoms with Gasteiger partial charge in [0.2, 0.25) is 0 Å². The number of aromatic amines is 1. The summed E-state index contributed by atoms with van der Waals surface area (Å²) in [5, 5.41) is 3.67. The van der Waals surface area contributed by atoms with Crippen molar-refractivity contribution in [1.82, 2.24) is 9.97 Å². The Morgan fingerprint density at radius 1 is 1.10 bits per heavy atom. The van der Waals surface area contributed by atoms with Gasteiger partial charge in [-0.1, -0.05) is 41.6 Å². The predicted molar refractivity (Wildman–Crippen MR) is 129 cm³/mol. The lowest BCUT2D eigenvalue weighted by atomic mass is 9.89. The van der Waals surface area contributed by atoms with Crippen molar-refractivity contribution in [3.63, 3.8) is 0 Å². The lowest BCUT2D eigenvalue weighted by molar-refractivity contribution is 0.102.